The van der Waals surface area contributed by atoms with Gasteiger partial charge in [0.2, 0.25) is 0 Å². The molecule has 78 valence electrons. The molecule has 0 heterocycles. The van der Waals surface area contributed by atoms with Crippen molar-refractivity contribution in [1.29, 1.82) is 0 Å². The molecule has 1 nitrogen and oxygen atoms in total. The maximum atomic E-state index is 13.3. The van der Waals surface area contributed by atoms with Crippen LogP contribution in [0.25, 0.3) is 0 Å². The highest BCUT2D eigenvalue weighted by Gasteiger charge is 2.32. The first kappa shape index (κ1) is 11.9. The molecule has 0 radical (unpaired) electrons. The Labute approximate surface area is 93.8 Å². The Bertz CT molecular complexity index is 331. The molecule has 1 N–H and O–H groups in total. The first-order valence-electron chi connectivity index (χ1n) is 3.91. The van der Waals surface area contributed by atoms with E-state index in [0.717, 1.165) is 0 Å². The van der Waals surface area contributed by atoms with Gasteiger partial charge >= 0.3 is 0 Å². The molecule has 5 heteroatoms. The third kappa shape index (κ3) is 2.65. The Morgan fingerprint density at radius 3 is 2.64 bits per heavy atom. The third-order valence-electron chi connectivity index (χ3n) is 1.75. The van der Waals surface area contributed by atoms with Crippen molar-refractivity contribution in [3.63, 3.8) is 0 Å². The van der Waals surface area contributed by atoms with Gasteiger partial charge in [-0.05, 0) is 18.2 Å². The SMILES string of the molecule is OCCC(F)(F)c1cc(Cl)ccc1Br. The van der Waals surface area contributed by atoms with Crippen LogP contribution in [0.3, 0.4) is 0 Å². The van der Waals surface area contributed by atoms with Gasteiger partial charge in [0.25, 0.3) is 5.92 Å². The van der Waals surface area contributed by atoms with Crippen LogP contribution in [0.2, 0.25) is 5.02 Å². The van der Waals surface area contributed by atoms with Crippen molar-refractivity contribution >= 4 is 27.5 Å². The molecule has 0 fully saturated rings. The molecule has 0 unspecified atom stereocenters. The number of benzene rings is 1. The van der Waals surface area contributed by atoms with Crippen LogP contribution in [-0.4, -0.2) is 11.7 Å². The van der Waals surface area contributed by atoms with Crippen LogP contribution in [0, 0.1) is 0 Å². The van der Waals surface area contributed by atoms with Crippen LogP contribution in [0.4, 0.5) is 8.78 Å². The van der Waals surface area contributed by atoms with E-state index in [1.165, 1.54) is 18.2 Å². The number of aliphatic hydroxyl groups excluding tert-OH is 1. The van der Waals surface area contributed by atoms with E-state index in [0.29, 0.717) is 4.47 Å². The molecule has 0 atom stereocenters. The first-order valence-corrected chi connectivity index (χ1v) is 5.08. The van der Waals surface area contributed by atoms with Crippen LogP contribution < -0.4 is 0 Å². The molecule has 1 aromatic rings. The Hall–Kier alpha value is -0.190. The number of hydrogen-bond donors (Lipinski definition) is 1. The van der Waals surface area contributed by atoms with Gasteiger partial charge < -0.3 is 5.11 Å². The average molecular weight is 286 g/mol. The molecule has 0 aliphatic carbocycles. The van der Waals surface area contributed by atoms with Crippen LogP contribution >= 0.6 is 27.5 Å². The zero-order valence-electron chi connectivity index (χ0n) is 7.11. The van der Waals surface area contributed by atoms with E-state index in [1.807, 2.05) is 0 Å². The lowest BCUT2D eigenvalue weighted by Gasteiger charge is -2.17. The second-order valence-electron chi connectivity index (χ2n) is 2.80. The maximum absolute atomic E-state index is 13.3. The Morgan fingerprint density at radius 1 is 1.43 bits per heavy atom. The second kappa shape index (κ2) is 4.55. The van der Waals surface area contributed by atoms with Crippen molar-refractivity contribution < 1.29 is 13.9 Å². The van der Waals surface area contributed by atoms with Crippen molar-refractivity contribution in [2.45, 2.75) is 12.3 Å². The fraction of sp³-hybridized carbons (Fsp3) is 0.333. The van der Waals surface area contributed by atoms with E-state index < -0.39 is 19.0 Å². The van der Waals surface area contributed by atoms with E-state index in [1.54, 1.807) is 0 Å². The molecule has 0 saturated heterocycles. The normalized spacial score (nSPS) is 11.8. The summed E-state index contributed by atoms with van der Waals surface area (Å²) in [6, 6.07) is 4.18. The Morgan fingerprint density at radius 2 is 2.07 bits per heavy atom. The van der Waals surface area contributed by atoms with Crippen LogP contribution in [-0.2, 0) is 5.92 Å². The fourth-order valence-electron chi connectivity index (χ4n) is 1.05. The average Bonchev–Trinajstić information content (AvgIpc) is 2.09. The summed E-state index contributed by atoms with van der Waals surface area (Å²) in [5.41, 5.74) is -0.195. The van der Waals surface area contributed by atoms with Gasteiger partial charge in [-0.3, -0.25) is 0 Å². The van der Waals surface area contributed by atoms with Crippen molar-refractivity contribution in [3.8, 4) is 0 Å². The second-order valence-corrected chi connectivity index (χ2v) is 4.09. The largest absolute Gasteiger partial charge is 0.396 e. The van der Waals surface area contributed by atoms with Crippen LogP contribution in [0.15, 0.2) is 22.7 Å². The molecular formula is C9H8BrClF2O. The van der Waals surface area contributed by atoms with E-state index in [2.05, 4.69) is 15.9 Å². The van der Waals surface area contributed by atoms with Gasteiger partial charge in [-0.1, -0.05) is 27.5 Å². The first-order chi connectivity index (χ1) is 6.47. The summed E-state index contributed by atoms with van der Waals surface area (Å²) in [7, 11) is 0. The lowest BCUT2D eigenvalue weighted by Crippen LogP contribution is -2.15. The number of halogens is 4. The monoisotopic (exact) mass is 284 g/mol. The predicted octanol–water partition coefficient (Wildman–Crippen LogP) is 3.58. The topological polar surface area (TPSA) is 20.2 Å². The smallest absolute Gasteiger partial charge is 0.276 e. The van der Waals surface area contributed by atoms with Crippen molar-refractivity contribution in [3.05, 3.63) is 33.3 Å². The molecule has 0 amide bonds. The predicted molar refractivity (Wildman–Crippen MR) is 54.7 cm³/mol. The standard InChI is InChI=1S/C9H8BrClF2O/c10-8-2-1-6(11)5-7(8)9(12,13)3-4-14/h1-2,5,14H,3-4H2. The van der Waals surface area contributed by atoms with Crippen LogP contribution in [0.1, 0.15) is 12.0 Å². The number of rotatable bonds is 3. The van der Waals surface area contributed by atoms with Crippen molar-refractivity contribution in [2.24, 2.45) is 0 Å². The third-order valence-corrected chi connectivity index (χ3v) is 2.67. The molecular weight excluding hydrogens is 277 g/mol. The fourth-order valence-corrected chi connectivity index (χ4v) is 1.76. The minimum Gasteiger partial charge on any atom is -0.396 e. The molecule has 0 bridgehead atoms. The Balaban J connectivity index is 3.10. The highest BCUT2D eigenvalue weighted by atomic mass is 79.9. The Kier molecular flexibility index (Phi) is 3.86. The quantitative estimate of drug-likeness (QED) is 0.900. The molecule has 0 aliphatic rings. The van der Waals surface area contributed by atoms with Gasteiger partial charge in [0.1, 0.15) is 0 Å². The van der Waals surface area contributed by atoms with Gasteiger partial charge in [0.15, 0.2) is 0 Å². The molecule has 0 aliphatic heterocycles. The molecule has 0 spiro atoms. The van der Waals surface area contributed by atoms with Gasteiger partial charge in [0.05, 0.1) is 0 Å². The molecule has 1 aromatic carbocycles. The number of hydrogen-bond acceptors (Lipinski definition) is 1. The van der Waals surface area contributed by atoms with Crippen molar-refractivity contribution in [1.82, 2.24) is 0 Å². The highest BCUT2D eigenvalue weighted by Crippen LogP contribution is 2.37. The molecule has 0 aromatic heterocycles. The lowest BCUT2D eigenvalue weighted by atomic mass is 10.1. The maximum Gasteiger partial charge on any atom is 0.276 e. The van der Waals surface area contributed by atoms with Crippen molar-refractivity contribution in [2.75, 3.05) is 6.61 Å². The summed E-state index contributed by atoms with van der Waals surface area (Å²) in [4.78, 5) is 0. The highest BCUT2D eigenvalue weighted by molar-refractivity contribution is 9.10. The van der Waals surface area contributed by atoms with Crippen LogP contribution in [0.5, 0.6) is 0 Å². The molecule has 1 rings (SSSR count). The summed E-state index contributed by atoms with van der Waals surface area (Å²) in [5, 5.41) is 8.75. The summed E-state index contributed by atoms with van der Waals surface area (Å²) in [6.07, 6.45) is -0.605. The lowest BCUT2D eigenvalue weighted by molar-refractivity contribution is -0.0276. The summed E-state index contributed by atoms with van der Waals surface area (Å²) < 4.78 is 27.0. The van der Waals surface area contributed by atoms with Gasteiger partial charge in [-0.15, -0.1) is 0 Å². The molecule has 14 heavy (non-hydrogen) atoms. The zero-order chi connectivity index (χ0) is 10.8. The zero-order valence-corrected chi connectivity index (χ0v) is 9.45. The van der Waals surface area contributed by atoms with Gasteiger partial charge in [-0.2, -0.15) is 0 Å². The number of aliphatic hydroxyl groups is 1. The minimum atomic E-state index is -3.06. The van der Waals surface area contributed by atoms with E-state index in [-0.39, 0.29) is 10.6 Å². The summed E-state index contributed by atoms with van der Waals surface area (Å²) in [5.74, 6) is -3.06. The van der Waals surface area contributed by atoms with E-state index in [9.17, 15) is 8.78 Å². The van der Waals surface area contributed by atoms with Gasteiger partial charge in [-0.25, -0.2) is 8.78 Å². The minimum absolute atomic E-state index is 0.195. The van der Waals surface area contributed by atoms with E-state index in [4.69, 9.17) is 16.7 Å². The number of alkyl halides is 2. The summed E-state index contributed by atoms with van der Waals surface area (Å²) in [6.45, 7) is -0.564. The van der Waals surface area contributed by atoms with E-state index >= 15 is 0 Å². The van der Waals surface area contributed by atoms with Gasteiger partial charge in [0, 0.05) is 28.1 Å². The summed E-state index contributed by atoms with van der Waals surface area (Å²) >= 11 is 8.62. The molecule has 0 saturated carbocycles.